The van der Waals surface area contributed by atoms with Gasteiger partial charge in [-0.15, -0.1) is 0 Å². The molecular weight excluding hydrogens is 186 g/mol. The molecule has 1 heterocycles. The molecule has 0 N–H and O–H groups in total. The van der Waals surface area contributed by atoms with Crippen LogP contribution >= 0.6 is 0 Å². The maximum atomic E-state index is 5.82. The van der Waals surface area contributed by atoms with Crippen LogP contribution in [0.3, 0.4) is 0 Å². The molecule has 0 aromatic heterocycles. The molecule has 1 aliphatic heterocycles. The maximum absolute atomic E-state index is 5.82. The smallest absolute Gasteiger partial charge is 0.0730 e. The molecule has 1 unspecified atom stereocenters. The third-order valence-corrected chi connectivity index (χ3v) is 3.50. The molecule has 2 fully saturated rings. The molecule has 15 heavy (non-hydrogen) atoms. The summed E-state index contributed by atoms with van der Waals surface area (Å²) in [6, 6.07) is 0. The first-order chi connectivity index (χ1) is 7.04. The third kappa shape index (κ3) is 3.76. The second-order valence-corrected chi connectivity index (χ2v) is 6.36. The van der Waals surface area contributed by atoms with E-state index in [1.807, 2.05) is 0 Å². The molecule has 1 saturated heterocycles. The molecule has 0 aromatic carbocycles. The van der Waals surface area contributed by atoms with Gasteiger partial charge in [0.2, 0.25) is 0 Å². The lowest BCUT2D eigenvalue weighted by atomic mass is 9.92. The Bertz CT molecular complexity index is 205. The first kappa shape index (κ1) is 11.4. The van der Waals surface area contributed by atoms with Gasteiger partial charge in [-0.3, -0.25) is 4.90 Å². The molecule has 0 amide bonds. The van der Waals surface area contributed by atoms with E-state index in [4.69, 9.17) is 4.74 Å². The van der Waals surface area contributed by atoms with Crippen molar-refractivity contribution in [2.75, 3.05) is 26.2 Å². The molecule has 1 atom stereocenters. The van der Waals surface area contributed by atoms with Crippen LogP contribution in [0, 0.1) is 11.3 Å². The lowest BCUT2D eigenvalue weighted by Gasteiger charge is -2.34. The summed E-state index contributed by atoms with van der Waals surface area (Å²) in [4.78, 5) is 2.59. The monoisotopic (exact) mass is 211 g/mol. The topological polar surface area (TPSA) is 12.5 Å². The van der Waals surface area contributed by atoms with Gasteiger partial charge in [0, 0.05) is 13.1 Å². The van der Waals surface area contributed by atoms with E-state index in [9.17, 15) is 0 Å². The van der Waals surface area contributed by atoms with E-state index in [2.05, 4.69) is 25.7 Å². The highest BCUT2D eigenvalue weighted by Crippen LogP contribution is 2.35. The normalized spacial score (nSPS) is 29.4. The molecule has 88 valence electrons. The molecule has 0 spiro atoms. The maximum Gasteiger partial charge on any atom is 0.0730 e. The Kier molecular flexibility index (Phi) is 3.36. The minimum atomic E-state index is 0.466. The highest BCUT2D eigenvalue weighted by atomic mass is 16.5. The largest absolute Gasteiger partial charge is 0.375 e. The van der Waals surface area contributed by atoms with Crippen molar-refractivity contribution >= 4 is 0 Å². The van der Waals surface area contributed by atoms with Crippen molar-refractivity contribution in [3.8, 4) is 0 Å². The van der Waals surface area contributed by atoms with Crippen LogP contribution in [0.15, 0.2) is 0 Å². The van der Waals surface area contributed by atoms with Crippen LogP contribution in [0.4, 0.5) is 0 Å². The Labute approximate surface area is 94.0 Å². The summed E-state index contributed by atoms with van der Waals surface area (Å²) in [6.07, 6.45) is 4.65. The van der Waals surface area contributed by atoms with Crippen molar-refractivity contribution in [2.24, 2.45) is 11.3 Å². The molecule has 0 bridgehead atoms. The number of morpholine rings is 1. The average Bonchev–Trinajstić information content (AvgIpc) is 2.97. The second kappa shape index (κ2) is 4.42. The molecular formula is C13H25NO. The molecule has 0 radical (unpaired) electrons. The van der Waals surface area contributed by atoms with Crippen molar-refractivity contribution in [3.63, 3.8) is 0 Å². The zero-order valence-corrected chi connectivity index (χ0v) is 10.5. The molecule has 2 nitrogen and oxygen atoms in total. The molecule has 2 heteroatoms. The first-order valence-electron chi connectivity index (χ1n) is 6.38. The van der Waals surface area contributed by atoms with Gasteiger partial charge in [0.25, 0.3) is 0 Å². The van der Waals surface area contributed by atoms with E-state index < -0.39 is 0 Å². The van der Waals surface area contributed by atoms with E-state index >= 15 is 0 Å². The zero-order chi connectivity index (χ0) is 10.9. The van der Waals surface area contributed by atoms with Crippen LogP contribution < -0.4 is 0 Å². The number of nitrogens with zero attached hydrogens (tertiary/aromatic N) is 1. The van der Waals surface area contributed by atoms with Crippen molar-refractivity contribution in [3.05, 3.63) is 0 Å². The number of rotatable bonds is 3. The summed E-state index contributed by atoms with van der Waals surface area (Å²) in [5.74, 6) is 0.891. The predicted octanol–water partition coefficient (Wildman–Crippen LogP) is 2.53. The van der Waals surface area contributed by atoms with E-state index in [-0.39, 0.29) is 0 Å². The number of ether oxygens (including phenoxy) is 1. The number of hydrogen-bond donors (Lipinski definition) is 0. The van der Waals surface area contributed by atoms with E-state index in [1.54, 1.807) is 0 Å². The highest BCUT2D eigenvalue weighted by molar-refractivity contribution is 4.86. The highest BCUT2D eigenvalue weighted by Gasteiger charge is 2.35. The van der Waals surface area contributed by atoms with Crippen molar-refractivity contribution in [1.82, 2.24) is 4.90 Å². The minimum Gasteiger partial charge on any atom is -0.375 e. The van der Waals surface area contributed by atoms with E-state index in [0.29, 0.717) is 11.5 Å². The quantitative estimate of drug-likeness (QED) is 0.711. The second-order valence-electron chi connectivity index (χ2n) is 6.36. The number of hydrogen-bond acceptors (Lipinski definition) is 2. The van der Waals surface area contributed by atoms with Gasteiger partial charge in [0.1, 0.15) is 0 Å². The summed E-state index contributed by atoms with van der Waals surface area (Å²) >= 11 is 0. The van der Waals surface area contributed by atoms with Gasteiger partial charge in [0.05, 0.1) is 12.7 Å². The van der Waals surface area contributed by atoms with Gasteiger partial charge in [-0.05, 0) is 37.1 Å². The van der Waals surface area contributed by atoms with Gasteiger partial charge < -0.3 is 4.74 Å². The van der Waals surface area contributed by atoms with Crippen LogP contribution in [-0.4, -0.2) is 37.2 Å². The fourth-order valence-corrected chi connectivity index (χ4v) is 2.18. The molecule has 1 saturated carbocycles. The Morgan fingerprint density at radius 3 is 2.60 bits per heavy atom. The van der Waals surface area contributed by atoms with E-state index in [1.165, 1.54) is 32.4 Å². The van der Waals surface area contributed by atoms with Gasteiger partial charge >= 0.3 is 0 Å². The van der Waals surface area contributed by atoms with Crippen LogP contribution in [0.5, 0.6) is 0 Å². The molecule has 2 rings (SSSR count). The summed E-state index contributed by atoms with van der Waals surface area (Å²) in [5.41, 5.74) is 0.466. The van der Waals surface area contributed by atoms with Crippen LogP contribution in [0.1, 0.15) is 40.0 Å². The predicted molar refractivity (Wildman–Crippen MR) is 63.0 cm³/mol. The van der Waals surface area contributed by atoms with Crippen LogP contribution in [-0.2, 0) is 4.74 Å². The summed E-state index contributed by atoms with van der Waals surface area (Å²) in [6.45, 7) is 11.5. The summed E-state index contributed by atoms with van der Waals surface area (Å²) < 4.78 is 5.82. The van der Waals surface area contributed by atoms with Gasteiger partial charge in [0.15, 0.2) is 0 Å². The standard InChI is InChI=1S/C13H25NO/c1-13(2,3)6-7-14-8-9-15-12(10-14)11-4-5-11/h11-12H,4-10H2,1-3H3. The van der Waals surface area contributed by atoms with Crippen molar-refractivity contribution < 1.29 is 4.74 Å². The Morgan fingerprint density at radius 1 is 1.27 bits per heavy atom. The minimum absolute atomic E-state index is 0.466. The molecule has 1 aliphatic carbocycles. The lowest BCUT2D eigenvalue weighted by Crippen LogP contribution is -2.44. The fraction of sp³-hybridized carbons (Fsp3) is 1.00. The SMILES string of the molecule is CC(C)(C)CCN1CCOC(C2CC2)C1. The van der Waals surface area contributed by atoms with Crippen molar-refractivity contribution in [1.29, 1.82) is 0 Å². The Hall–Kier alpha value is -0.0800. The molecule has 0 aromatic rings. The summed E-state index contributed by atoms with van der Waals surface area (Å²) in [7, 11) is 0. The third-order valence-electron chi connectivity index (χ3n) is 3.50. The fourth-order valence-electron chi connectivity index (χ4n) is 2.18. The van der Waals surface area contributed by atoms with Gasteiger partial charge in [-0.1, -0.05) is 20.8 Å². The average molecular weight is 211 g/mol. The van der Waals surface area contributed by atoms with Gasteiger partial charge in [-0.2, -0.15) is 0 Å². The van der Waals surface area contributed by atoms with Crippen LogP contribution in [0.25, 0.3) is 0 Å². The Balaban J connectivity index is 1.72. The van der Waals surface area contributed by atoms with Crippen LogP contribution in [0.2, 0.25) is 0 Å². The van der Waals surface area contributed by atoms with Gasteiger partial charge in [-0.25, -0.2) is 0 Å². The Morgan fingerprint density at radius 2 is 2.00 bits per heavy atom. The zero-order valence-electron chi connectivity index (χ0n) is 10.5. The molecule has 2 aliphatic rings. The lowest BCUT2D eigenvalue weighted by molar-refractivity contribution is -0.0413. The first-order valence-corrected chi connectivity index (χ1v) is 6.38. The summed E-state index contributed by atoms with van der Waals surface area (Å²) in [5, 5.41) is 0. The van der Waals surface area contributed by atoms with Crippen molar-refractivity contribution in [2.45, 2.75) is 46.1 Å². The van der Waals surface area contributed by atoms with E-state index in [0.717, 1.165) is 19.1 Å².